The molecule has 138 valence electrons. The topological polar surface area (TPSA) is 32.7 Å². The van der Waals surface area contributed by atoms with Crippen molar-refractivity contribution >= 4 is 0 Å². The van der Waals surface area contributed by atoms with Crippen molar-refractivity contribution in [1.29, 1.82) is 0 Å². The molecule has 25 heavy (non-hydrogen) atoms. The van der Waals surface area contributed by atoms with Crippen LogP contribution in [-0.4, -0.2) is 42.0 Å². The third-order valence-corrected chi connectivity index (χ3v) is 10.0. The standard InChI is InChI=1S/C22H33NO2/c1-14-15-4-5-17-21(12-15,18(14)24)9-6-16-20(2)7-3-8-22(16,17)13-23-10-11-25-19(20)23/h15-19,24H,1,3-13H2,2H3/t15-,16-,17-,18+,19+,20+,21-,22+/m1/s1. The summed E-state index contributed by atoms with van der Waals surface area (Å²) in [5.41, 5.74) is 2.08. The van der Waals surface area contributed by atoms with Gasteiger partial charge in [0.05, 0.1) is 12.7 Å². The zero-order valence-electron chi connectivity index (χ0n) is 15.7. The fourth-order valence-electron chi connectivity index (χ4n) is 9.34. The van der Waals surface area contributed by atoms with Gasteiger partial charge in [-0.2, -0.15) is 0 Å². The first-order chi connectivity index (χ1) is 12.0. The molecule has 2 aliphatic heterocycles. The van der Waals surface area contributed by atoms with Gasteiger partial charge in [0.2, 0.25) is 0 Å². The molecule has 0 unspecified atom stereocenters. The normalized spacial score (nSPS) is 60.1. The number of piperidine rings is 1. The van der Waals surface area contributed by atoms with E-state index in [4.69, 9.17) is 4.74 Å². The highest BCUT2D eigenvalue weighted by atomic mass is 16.5. The van der Waals surface area contributed by atoms with Gasteiger partial charge in [0.15, 0.2) is 0 Å². The first-order valence-corrected chi connectivity index (χ1v) is 10.7. The van der Waals surface area contributed by atoms with Crippen LogP contribution in [0.5, 0.6) is 0 Å². The van der Waals surface area contributed by atoms with Gasteiger partial charge in [-0.1, -0.05) is 19.9 Å². The molecule has 2 heterocycles. The molecule has 1 N–H and O–H groups in total. The Morgan fingerprint density at radius 2 is 2.00 bits per heavy atom. The highest BCUT2D eigenvalue weighted by Gasteiger charge is 2.71. The molecule has 6 aliphatic rings. The predicted molar refractivity (Wildman–Crippen MR) is 96.8 cm³/mol. The van der Waals surface area contributed by atoms with Crippen LogP contribution < -0.4 is 0 Å². The molecule has 4 bridgehead atoms. The van der Waals surface area contributed by atoms with Crippen molar-refractivity contribution in [1.82, 2.24) is 4.90 Å². The Labute approximate surface area is 151 Å². The number of hydrogen-bond donors (Lipinski definition) is 1. The van der Waals surface area contributed by atoms with Crippen molar-refractivity contribution in [2.75, 3.05) is 19.7 Å². The number of hydrogen-bond acceptors (Lipinski definition) is 3. The zero-order chi connectivity index (χ0) is 17.0. The van der Waals surface area contributed by atoms with Crippen molar-refractivity contribution in [3.63, 3.8) is 0 Å². The lowest BCUT2D eigenvalue weighted by Gasteiger charge is -2.70. The molecular formula is C22H33NO2. The number of ether oxygens (including phenoxy) is 1. The monoisotopic (exact) mass is 343 g/mol. The van der Waals surface area contributed by atoms with E-state index in [1.165, 1.54) is 63.5 Å². The molecule has 1 spiro atoms. The molecule has 0 radical (unpaired) electrons. The number of fused-ring (bicyclic) bond motifs is 3. The van der Waals surface area contributed by atoms with Gasteiger partial charge in [-0.25, -0.2) is 0 Å². The number of aliphatic hydroxyl groups is 1. The van der Waals surface area contributed by atoms with E-state index in [9.17, 15) is 5.11 Å². The second kappa shape index (κ2) is 4.72. The van der Waals surface area contributed by atoms with Crippen molar-refractivity contribution in [3.05, 3.63) is 12.2 Å². The van der Waals surface area contributed by atoms with Gasteiger partial charge < -0.3 is 9.84 Å². The smallest absolute Gasteiger partial charge is 0.116 e. The summed E-state index contributed by atoms with van der Waals surface area (Å²) in [5, 5.41) is 11.3. The van der Waals surface area contributed by atoms with Gasteiger partial charge in [0, 0.05) is 23.9 Å². The van der Waals surface area contributed by atoms with Gasteiger partial charge >= 0.3 is 0 Å². The highest BCUT2D eigenvalue weighted by molar-refractivity contribution is 5.28. The van der Waals surface area contributed by atoms with Crippen LogP contribution in [0.2, 0.25) is 0 Å². The molecule has 8 atom stereocenters. The average Bonchev–Trinajstić information content (AvgIpc) is 3.13. The van der Waals surface area contributed by atoms with Crippen molar-refractivity contribution < 1.29 is 9.84 Å². The summed E-state index contributed by atoms with van der Waals surface area (Å²) in [6.07, 6.45) is 10.5. The fourth-order valence-corrected chi connectivity index (χ4v) is 9.34. The van der Waals surface area contributed by atoms with Gasteiger partial charge in [0.1, 0.15) is 6.23 Å². The molecule has 0 aromatic carbocycles. The molecular weight excluding hydrogens is 310 g/mol. The van der Waals surface area contributed by atoms with Crippen LogP contribution in [0.4, 0.5) is 0 Å². The van der Waals surface area contributed by atoms with E-state index in [1.807, 2.05) is 0 Å². The summed E-state index contributed by atoms with van der Waals surface area (Å²) in [5.74, 6) is 2.09. The maximum absolute atomic E-state index is 11.3. The molecule has 0 aromatic rings. The predicted octanol–water partition coefficient (Wildman–Crippen LogP) is 3.58. The van der Waals surface area contributed by atoms with Crippen LogP contribution in [0.1, 0.15) is 58.3 Å². The Kier molecular flexibility index (Phi) is 2.95. The van der Waals surface area contributed by atoms with Crippen LogP contribution in [0.3, 0.4) is 0 Å². The third kappa shape index (κ3) is 1.62. The lowest BCUT2D eigenvalue weighted by molar-refractivity contribution is -0.259. The molecule has 3 nitrogen and oxygen atoms in total. The molecule has 0 aromatic heterocycles. The lowest BCUT2D eigenvalue weighted by Crippen LogP contribution is -2.70. The van der Waals surface area contributed by atoms with Crippen molar-refractivity contribution in [2.45, 2.75) is 70.6 Å². The SMILES string of the molecule is C=C1[C@@H]2CC[C@H]3[C@@]45CCC[C@](C)([C@@H]6OCCN6C4)[C@H]5CC[C@]3(C2)[C@H]1O. The second-order valence-electron chi connectivity index (χ2n) is 10.6. The third-order valence-electron chi connectivity index (χ3n) is 10.0. The Morgan fingerprint density at radius 3 is 2.88 bits per heavy atom. The van der Waals surface area contributed by atoms with E-state index in [2.05, 4.69) is 18.4 Å². The van der Waals surface area contributed by atoms with Gasteiger partial charge in [-0.05, 0) is 73.7 Å². The van der Waals surface area contributed by atoms with Crippen molar-refractivity contribution in [3.8, 4) is 0 Å². The first kappa shape index (κ1) is 15.7. The average molecular weight is 344 g/mol. The van der Waals surface area contributed by atoms with Crippen LogP contribution in [0.25, 0.3) is 0 Å². The summed E-state index contributed by atoms with van der Waals surface area (Å²) in [4.78, 5) is 2.69. The largest absolute Gasteiger partial charge is 0.388 e. The minimum atomic E-state index is -0.235. The van der Waals surface area contributed by atoms with E-state index < -0.39 is 0 Å². The summed E-state index contributed by atoms with van der Waals surface area (Å²) in [7, 11) is 0. The van der Waals surface area contributed by atoms with Crippen LogP contribution in [0, 0.1) is 34.0 Å². The maximum Gasteiger partial charge on any atom is 0.116 e. The minimum absolute atomic E-state index is 0.155. The van der Waals surface area contributed by atoms with Crippen LogP contribution >= 0.6 is 0 Å². The Balaban J connectivity index is 1.49. The molecule has 2 saturated heterocycles. The number of aliphatic hydroxyl groups excluding tert-OH is 1. The molecule has 4 aliphatic carbocycles. The molecule has 6 fully saturated rings. The summed E-state index contributed by atoms with van der Waals surface area (Å²) >= 11 is 0. The van der Waals surface area contributed by atoms with Gasteiger partial charge in [-0.15, -0.1) is 0 Å². The number of rotatable bonds is 0. The fraction of sp³-hybridized carbons (Fsp3) is 0.909. The lowest BCUT2D eigenvalue weighted by atomic mass is 9.38. The van der Waals surface area contributed by atoms with Crippen LogP contribution in [0.15, 0.2) is 12.2 Å². The van der Waals surface area contributed by atoms with E-state index in [-0.39, 0.29) is 11.5 Å². The summed E-state index contributed by atoms with van der Waals surface area (Å²) in [6.45, 7) is 10.1. The summed E-state index contributed by atoms with van der Waals surface area (Å²) in [6, 6.07) is 0. The van der Waals surface area contributed by atoms with E-state index in [1.54, 1.807) is 0 Å². The molecule has 3 heteroatoms. The maximum atomic E-state index is 11.3. The van der Waals surface area contributed by atoms with Crippen molar-refractivity contribution in [2.24, 2.45) is 34.0 Å². The zero-order valence-corrected chi connectivity index (χ0v) is 15.7. The Morgan fingerprint density at radius 1 is 1.12 bits per heavy atom. The van der Waals surface area contributed by atoms with E-state index >= 15 is 0 Å². The molecule has 6 rings (SSSR count). The Hall–Kier alpha value is -0.380. The Bertz CT molecular complexity index is 634. The quantitative estimate of drug-likeness (QED) is 0.683. The number of nitrogens with zero attached hydrogens (tertiary/aromatic N) is 1. The summed E-state index contributed by atoms with van der Waals surface area (Å²) < 4.78 is 6.29. The van der Waals surface area contributed by atoms with Crippen LogP contribution in [-0.2, 0) is 4.74 Å². The minimum Gasteiger partial charge on any atom is -0.388 e. The molecule has 0 amide bonds. The second-order valence-corrected chi connectivity index (χ2v) is 10.6. The molecule has 4 saturated carbocycles. The van der Waals surface area contributed by atoms with E-state index in [0.29, 0.717) is 28.9 Å². The van der Waals surface area contributed by atoms with E-state index in [0.717, 1.165) is 19.1 Å². The van der Waals surface area contributed by atoms with Gasteiger partial charge in [-0.3, -0.25) is 4.90 Å². The van der Waals surface area contributed by atoms with Gasteiger partial charge in [0.25, 0.3) is 0 Å². The first-order valence-electron chi connectivity index (χ1n) is 10.7. The highest BCUT2D eigenvalue weighted by Crippen LogP contribution is 2.74.